The largest absolute Gasteiger partial charge is 0.396 e. The van der Waals surface area contributed by atoms with E-state index in [0.717, 1.165) is 29.9 Å². The molecule has 0 fully saturated rings. The van der Waals surface area contributed by atoms with E-state index in [4.69, 9.17) is 5.11 Å². The van der Waals surface area contributed by atoms with E-state index in [2.05, 4.69) is 15.0 Å². The van der Waals surface area contributed by atoms with Gasteiger partial charge < -0.3 is 10.1 Å². The molecule has 0 saturated carbocycles. The molecule has 2 heterocycles. The van der Waals surface area contributed by atoms with Crippen molar-refractivity contribution in [3.05, 3.63) is 36.5 Å². The second-order valence-electron chi connectivity index (χ2n) is 3.31. The Morgan fingerprint density at radius 2 is 2.07 bits per heavy atom. The van der Waals surface area contributed by atoms with Crippen LogP contribution in [0.4, 0.5) is 0 Å². The smallest absolute Gasteiger partial charge is 0.106 e. The van der Waals surface area contributed by atoms with Crippen LogP contribution in [0.25, 0.3) is 11.3 Å². The number of nitrogens with zero attached hydrogens (tertiary/aromatic N) is 2. The number of aromatic amines is 1. The highest BCUT2D eigenvalue weighted by molar-refractivity contribution is 5.57. The summed E-state index contributed by atoms with van der Waals surface area (Å²) < 4.78 is 0. The Bertz CT molecular complexity index is 411. The van der Waals surface area contributed by atoms with E-state index in [1.54, 1.807) is 12.4 Å². The van der Waals surface area contributed by atoms with Crippen LogP contribution in [0.3, 0.4) is 0 Å². The van der Waals surface area contributed by atoms with Crippen LogP contribution in [0.5, 0.6) is 0 Å². The van der Waals surface area contributed by atoms with Crippen LogP contribution in [0.2, 0.25) is 0 Å². The molecule has 2 aromatic rings. The highest BCUT2D eigenvalue weighted by Gasteiger charge is 2.01. The molecule has 0 amide bonds. The average molecular weight is 203 g/mol. The Hall–Kier alpha value is -1.68. The van der Waals surface area contributed by atoms with Gasteiger partial charge in [-0.3, -0.25) is 4.98 Å². The van der Waals surface area contributed by atoms with Crippen molar-refractivity contribution in [3.63, 3.8) is 0 Å². The van der Waals surface area contributed by atoms with Gasteiger partial charge in [0.15, 0.2) is 0 Å². The number of rotatable bonds is 4. The summed E-state index contributed by atoms with van der Waals surface area (Å²) in [7, 11) is 0. The SMILES string of the molecule is OCCCc1ncc(-c2ccncc2)[nH]1. The zero-order chi connectivity index (χ0) is 10.5. The van der Waals surface area contributed by atoms with Crippen molar-refractivity contribution >= 4 is 0 Å². The Kier molecular flexibility index (Phi) is 3.09. The summed E-state index contributed by atoms with van der Waals surface area (Å²) in [6, 6.07) is 3.87. The van der Waals surface area contributed by atoms with Crippen molar-refractivity contribution in [1.29, 1.82) is 0 Å². The molecule has 2 aromatic heterocycles. The zero-order valence-electron chi connectivity index (χ0n) is 8.35. The first-order valence-electron chi connectivity index (χ1n) is 4.95. The van der Waals surface area contributed by atoms with Crippen LogP contribution < -0.4 is 0 Å². The minimum absolute atomic E-state index is 0.200. The van der Waals surface area contributed by atoms with Gasteiger partial charge in [0.2, 0.25) is 0 Å². The number of imidazole rings is 1. The van der Waals surface area contributed by atoms with Gasteiger partial charge in [0.1, 0.15) is 5.82 Å². The van der Waals surface area contributed by atoms with E-state index in [1.807, 2.05) is 18.3 Å². The number of aliphatic hydroxyl groups is 1. The zero-order valence-corrected chi connectivity index (χ0v) is 8.35. The molecular formula is C11H13N3O. The van der Waals surface area contributed by atoms with Crippen LogP contribution in [0, 0.1) is 0 Å². The third kappa shape index (κ3) is 2.41. The summed E-state index contributed by atoms with van der Waals surface area (Å²) in [6.45, 7) is 0.200. The van der Waals surface area contributed by atoms with Gasteiger partial charge in [-0.1, -0.05) is 0 Å². The normalized spacial score (nSPS) is 10.5. The fourth-order valence-electron chi connectivity index (χ4n) is 1.41. The van der Waals surface area contributed by atoms with Crippen molar-refractivity contribution in [2.24, 2.45) is 0 Å². The maximum absolute atomic E-state index is 8.70. The number of hydrogen-bond acceptors (Lipinski definition) is 3. The number of nitrogens with one attached hydrogen (secondary N) is 1. The lowest BCUT2D eigenvalue weighted by molar-refractivity contribution is 0.287. The van der Waals surface area contributed by atoms with Gasteiger partial charge in [0.05, 0.1) is 11.9 Å². The van der Waals surface area contributed by atoms with Gasteiger partial charge in [0.25, 0.3) is 0 Å². The average Bonchev–Trinajstić information content (AvgIpc) is 2.76. The number of aryl methyl sites for hydroxylation is 1. The lowest BCUT2D eigenvalue weighted by Crippen LogP contribution is -1.91. The summed E-state index contributed by atoms with van der Waals surface area (Å²) in [5, 5.41) is 8.70. The fourth-order valence-corrected chi connectivity index (χ4v) is 1.41. The minimum Gasteiger partial charge on any atom is -0.396 e. The van der Waals surface area contributed by atoms with Gasteiger partial charge in [0, 0.05) is 31.0 Å². The summed E-state index contributed by atoms with van der Waals surface area (Å²) in [5.74, 6) is 0.913. The molecule has 0 unspecified atom stereocenters. The van der Waals surface area contributed by atoms with E-state index in [9.17, 15) is 0 Å². The first kappa shape index (κ1) is 9.86. The summed E-state index contributed by atoms with van der Waals surface area (Å²) in [4.78, 5) is 11.4. The van der Waals surface area contributed by atoms with Crippen molar-refractivity contribution in [1.82, 2.24) is 15.0 Å². The monoisotopic (exact) mass is 203 g/mol. The molecule has 0 spiro atoms. The molecule has 78 valence electrons. The molecule has 15 heavy (non-hydrogen) atoms. The molecule has 2 N–H and O–H groups in total. The Balaban J connectivity index is 2.14. The second-order valence-corrected chi connectivity index (χ2v) is 3.31. The third-order valence-corrected chi connectivity index (χ3v) is 2.19. The molecule has 4 nitrogen and oxygen atoms in total. The predicted octanol–water partition coefficient (Wildman–Crippen LogP) is 1.40. The molecule has 0 radical (unpaired) electrons. The van der Waals surface area contributed by atoms with E-state index in [1.165, 1.54) is 0 Å². The molecule has 0 aromatic carbocycles. The number of hydrogen-bond donors (Lipinski definition) is 2. The number of aromatic nitrogens is 3. The van der Waals surface area contributed by atoms with Crippen molar-refractivity contribution in [2.45, 2.75) is 12.8 Å². The maximum Gasteiger partial charge on any atom is 0.106 e. The maximum atomic E-state index is 8.70. The molecule has 0 aliphatic heterocycles. The molecular weight excluding hydrogens is 190 g/mol. The summed E-state index contributed by atoms with van der Waals surface area (Å²) in [6.07, 6.45) is 6.83. The minimum atomic E-state index is 0.200. The van der Waals surface area contributed by atoms with Crippen molar-refractivity contribution in [2.75, 3.05) is 6.61 Å². The van der Waals surface area contributed by atoms with Crippen LogP contribution in [0.15, 0.2) is 30.7 Å². The molecule has 0 bridgehead atoms. The molecule has 0 aliphatic rings. The van der Waals surface area contributed by atoms with Crippen molar-refractivity contribution in [3.8, 4) is 11.3 Å². The number of pyridine rings is 1. The standard InChI is InChI=1S/C11H13N3O/c15-7-1-2-11-13-8-10(14-11)9-3-5-12-6-4-9/h3-6,8,15H,1-2,7H2,(H,13,14). The van der Waals surface area contributed by atoms with Gasteiger partial charge in [-0.25, -0.2) is 4.98 Å². The summed E-state index contributed by atoms with van der Waals surface area (Å²) >= 11 is 0. The number of H-pyrrole nitrogens is 1. The van der Waals surface area contributed by atoms with Gasteiger partial charge in [-0.05, 0) is 18.6 Å². The first-order valence-corrected chi connectivity index (χ1v) is 4.95. The highest BCUT2D eigenvalue weighted by Crippen LogP contribution is 2.15. The van der Waals surface area contributed by atoms with Crippen LogP contribution in [-0.2, 0) is 6.42 Å². The molecule has 2 rings (SSSR count). The predicted molar refractivity (Wildman–Crippen MR) is 57.2 cm³/mol. The number of aliphatic hydroxyl groups excluding tert-OH is 1. The Morgan fingerprint density at radius 1 is 1.27 bits per heavy atom. The Morgan fingerprint density at radius 3 is 2.80 bits per heavy atom. The van der Waals surface area contributed by atoms with Crippen molar-refractivity contribution < 1.29 is 5.11 Å². The van der Waals surface area contributed by atoms with E-state index in [-0.39, 0.29) is 6.61 Å². The van der Waals surface area contributed by atoms with Crippen LogP contribution >= 0.6 is 0 Å². The van der Waals surface area contributed by atoms with E-state index in [0.29, 0.717) is 0 Å². The Labute approximate surface area is 88.0 Å². The third-order valence-electron chi connectivity index (χ3n) is 2.19. The molecule has 0 saturated heterocycles. The highest BCUT2D eigenvalue weighted by atomic mass is 16.2. The topological polar surface area (TPSA) is 61.8 Å². The summed E-state index contributed by atoms with van der Waals surface area (Å²) in [5.41, 5.74) is 2.07. The van der Waals surface area contributed by atoms with Crippen LogP contribution in [-0.4, -0.2) is 26.7 Å². The molecule has 0 aliphatic carbocycles. The van der Waals surface area contributed by atoms with E-state index < -0.39 is 0 Å². The fraction of sp³-hybridized carbons (Fsp3) is 0.273. The molecule has 0 atom stereocenters. The second kappa shape index (κ2) is 4.70. The first-order chi connectivity index (χ1) is 7.40. The lowest BCUT2D eigenvalue weighted by atomic mass is 10.2. The van der Waals surface area contributed by atoms with Crippen LogP contribution in [0.1, 0.15) is 12.2 Å². The van der Waals surface area contributed by atoms with Gasteiger partial charge in [-0.2, -0.15) is 0 Å². The van der Waals surface area contributed by atoms with Gasteiger partial charge >= 0.3 is 0 Å². The quantitative estimate of drug-likeness (QED) is 0.789. The van der Waals surface area contributed by atoms with Gasteiger partial charge in [-0.15, -0.1) is 0 Å². The van der Waals surface area contributed by atoms with E-state index >= 15 is 0 Å². The lowest BCUT2D eigenvalue weighted by Gasteiger charge is -1.95. The molecule has 4 heteroatoms.